The molecular formula is C22H18ClFN2O3. The Morgan fingerprint density at radius 1 is 0.931 bits per heavy atom. The summed E-state index contributed by atoms with van der Waals surface area (Å²) in [5, 5.41) is 4.49. The van der Waals surface area contributed by atoms with E-state index in [-0.39, 0.29) is 18.3 Å². The number of hydrogen-bond donors (Lipinski definition) is 1. The molecule has 0 heterocycles. The van der Waals surface area contributed by atoms with Crippen molar-refractivity contribution < 1.29 is 18.7 Å². The van der Waals surface area contributed by atoms with Crippen molar-refractivity contribution in [3.8, 4) is 11.5 Å². The molecule has 0 aliphatic rings. The third-order valence-electron chi connectivity index (χ3n) is 3.79. The topological polar surface area (TPSA) is 59.9 Å². The third-order valence-corrected chi connectivity index (χ3v) is 4.04. The number of amides is 1. The first-order valence-electron chi connectivity index (χ1n) is 8.76. The van der Waals surface area contributed by atoms with Crippen LogP contribution in [0.15, 0.2) is 77.9 Å². The van der Waals surface area contributed by atoms with Crippen molar-refractivity contribution in [2.45, 2.75) is 6.61 Å². The van der Waals surface area contributed by atoms with Gasteiger partial charge >= 0.3 is 0 Å². The molecule has 0 aromatic heterocycles. The molecule has 0 unspecified atom stereocenters. The molecule has 0 aliphatic carbocycles. The molecule has 29 heavy (non-hydrogen) atoms. The number of hydrazone groups is 1. The van der Waals surface area contributed by atoms with E-state index < -0.39 is 0 Å². The Balaban J connectivity index is 1.41. The minimum Gasteiger partial charge on any atom is -0.489 e. The number of nitrogens with one attached hydrogen (secondary N) is 1. The molecule has 3 aromatic carbocycles. The fourth-order valence-electron chi connectivity index (χ4n) is 2.29. The molecule has 148 valence electrons. The van der Waals surface area contributed by atoms with Crippen LogP contribution in [-0.4, -0.2) is 18.7 Å². The Bertz CT molecular complexity index is 959. The normalized spacial score (nSPS) is 10.7. The van der Waals surface area contributed by atoms with Gasteiger partial charge in [-0.3, -0.25) is 4.79 Å². The highest BCUT2D eigenvalue weighted by Crippen LogP contribution is 2.15. The lowest BCUT2D eigenvalue weighted by Crippen LogP contribution is -2.24. The zero-order valence-corrected chi connectivity index (χ0v) is 16.1. The van der Waals surface area contributed by atoms with E-state index in [1.165, 1.54) is 18.3 Å². The maximum Gasteiger partial charge on any atom is 0.277 e. The van der Waals surface area contributed by atoms with E-state index in [2.05, 4.69) is 10.5 Å². The molecule has 0 aliphatic heterocycles. The Morgan fingerprint density at radius 3 is 2.24 bits per heavy atom. The molecule has 0 bridgehead atoms. The quantitative estimate of drug-likeness (QED) is 0.435. The fraction of sp³-hybridized carbons (Fsp3) is 0.0909. The summed E-state index contributed by atoms with van der Waals surface area (Å²) in [4.78, 5) is 11.7. The van der Waals surface area contributed by atoms with Gasteiger partial charge in [0.15, 0.2) is 6.61 Å². The number of hydrogen-bond acceptors (Lipinski definition) is 4. The molecule has 3 aromatic rings. The molecule has 0 saturated heterocycles. The van der Waals surface area contributed by atoms with Gasteiger partial charge in [0.25, 0.3) is 5.91 Å². The predicted octanol–water partition coefficient (Wildman–Crippen LogP) is 4.59. The SMILES string of the molecule is O=C(COc1ccc(Cl)cc1)N/N=C\c1ccc(OCc2ccc(F)cc2)cc1. The van der Waals surface area contributed by atoms with Gasteiger partial charge in [-0.05, 0) is 71.8 Å². The Kier molecular flexibility index (Phi) is 7.19. The smallest absolute Gasteiger partial charge is 0.277 e. The number of halogens is 2. The van der Waals surface area contributed by atoms with Crippen LogP contribution in [0, 0.1) is 5.82 Å². The van der Waals surface area contributed by atoms with Gasteiger partial charge in [-0.2, -0.15) is 5.10 Å². The first-order chi connectivity index (χ1) is 14.1. The largest absolute Gasteiger partial charge is 0.489 e. The van der Waals surface area contributed by atoms with Gasteiger partial charge in [-0.25, -0.2) is 9.82 Å². The molecule has 0 fully saturated rings. The molecule has 7 heteroatoms. The number of carbonyl (C=O) groups is 1. The molecular weight excluding hydrogens is 395 g/mol. The van der Waals surface area contributed by atoms with Gasteiger partial charge in [-0.15, -0.1) is 0 Å². The first kappa shape index (κ1) is 20.4. The van der Waals surface area contributed by atoms with Crippen LogP contribution < -0.4 is 14.9 Å². The van der Waals surface area contributed by atoms with Gasteiger partial charge in [0.1, 0.15) is 23.9 Å². The highest BCUT2D eigenvalue weighted by Gasteiger charge is 2.01. The van der Waals surface area contributed by atoms with E-state index in [0.29, 0.717) is 23.1 Å². The zero-order chi connectivity index (χ0) is 20.5. The predicted molar refractivity (Wildman–Crippen MR) is 110 cm³/mol. The van der Waals surface area contributed by atoms with E-state index >= 15 is 0 Å². The number of carbonyl (C=O) groups excluding carboxylic acids is 1. The molecule has 3 rings (SSSR count). The average Bonchev–Trinajstić information content (AvgIpc) is 2.74. The van der Waals surface area contributed by atoms with Crippen molar-refractivity contribution in [1.82, 2.24) is 5.43 Å². The second-order valence-corrected chi connectivity index (χ2v) is 6.46. The van der Waals surface area contributed by atoms with E-state index in [1.54, 1.807) is 60.7 Å². The molecule has 0 radical (unpaired) electrons. The van der Waals surface area contributed by atoms with Crippen molar-refractivity contribution >= 4 is 23.7 Å². The summed E-state index contributed by atoms with van der Waals surface area (Å²) in [6.07, 6.45) is 1.52. The van der Waals surface area contributed by atoms with Crippen LogP contribution in [0.3, 0.4) is 0 Å². The van der Waals surface area contributed by atoms with Gasteiger partial charge in [-0.1, -0.05) is 23.7 Å². The summed E-state index contributed by atoms with van der Waals surface area (Å²) in [5.41, 5.74) is 4.06. The lowest BCUT2D eigenvalue weighted by molar-refractivity contribution is -0.123. The van der Waals surface area contributed by atoms with E-state index in [1.807, 2.05) is 0 Å². The molecule has 5 nitrogen and oxygen atoms in total. The van der Waals surface area contributed by atoms with Gasteiger partial charge < -0.3 is 9.47 Å². The maximum atomic E-state index is 12.9. The summed E-state index contributed by atoms with van der Waals surface area (Å²) in [6, 6.07) is 20.1. The standard InChI is InChI=1S/C22H18ClFN2O3/c23-18-5-11-21(12-6-18)29-15-22(27)26-25-13-16-3-9-20(10-4-16)28-14-17-1-7-19(24)8-2-17/h1-13H,14-15H2,(H,26,27)/b25-13-. The summed E-state index contributed by atoms with van der Waals surface area (Å²) in [7, 11) is 0. The van der Waals surface area contributed by atoms with Crippen molar-refractivity contribution in [3.05, 3.63) is 94.8 Å². The number of nitrogens with zero attached hydrogens (tertiary/aromatic N) is 1. The van der Waals surface area contributed by atoms with Gasteiger partial charge in [0.2, 0.25) is 0 Å². The molecule has 0 atom stereocenters. The first-order valence-corrected chi connectivity index (χ1v) is 9.14. The Hall–Kier alpha value is -3.38. The van der Waals surface area contributed by atoms with Crippen molar-refractivity contribution in [3.63, 3.8) is 0 Å². The zero-order valence-electron chi connectivity index (χ0n) is 15.3. The van der Waals surface area contributed by atoms with Gasteiger partial charge in [0.05, 0.1) is 6.21 Å². The van der Waals surface area contributed by atoms with Gasteiger partial charge in [0, 0.05) is 5.02 Å². The lowest BCUT2D eigenvalue weighted by Gasteiger charge is -2.06. The second kappa shape index (κ2) is 10.2. The average molecular weight is 413 g/mol. The highest BCUT2D eigenvalue weighted by atomic mass is 35.5. The summed E-state index contributed by atoms with van der Waals surface area (Å²) in [6.45, 7) is 0.187. The monoisotopic (exact) mass is 412 g/mol. The van der Waals surface area contributed by atoms with E-state index in [0.717, 1.165) is 11.1 Å². The maximum absolute atomic E-state index is 12.9. The van der Waals surface area contributed by atoms with Crippen LogP contribution in [0.25, 0.3) is 0 Å². The van der Waals surface area contributed by atoms with Crippen molar-refractivity contribution in [1.29, 1.82) is 0 Å². The Labute approximate surface area is 172 Å². The van der Waals surface area contributed by atoms with Crippen LogP contribution in [0.2, 0.25) is 5.02 Å². The van der Waals surface area contributed by atoms with E-state index in [9.17, 15) is 9.18 Å². The Morgan fingerprint density at radius 2 is 1.55 bits per heavy atom. The minimum atomic E-state index is -0.379. The van der Waals surface area contributed by atoms with Crippen LogP contribution in [0.1, 0.15) is 11.1 Å². The van der Waals surface area contributed by atoms with Crippen molar-refractivity contribution in [2.75, 3.05) is 6.61 Å². The second-order valence-electron chi connectivity index (χ2n) is 6.02. The van der Waals surface area contributed by atoms with E-state index in [4.69, 9.17) is 21.1 Å². The molecule has 0 spiro atoms. The third kappa shape index (κ3) is 6.93. The van der Waals surface area contributed by atoms with Crippen molar-refractivity contribution in [2.24, 2.45) is 5.10 Å². The molecule has 1 amide bonds. The number of benzene rings is 3. The summed E-state index contributed by atoms with van der Waals surface area (Å²) in [5.74, 6) is 0.563. The summed E-state index contributed by atoms with van der Waals surface area (Å²) >= 11 is 5.79. The van der Waals surface area contributed by atoms with Crippen LogP contribution in [-0.2, 0) is 11.4 Å². The highest BCUT2D eigenvalue weighted by molar-refractivity contribution is 6.30. The fourth-order valence-corrected chi connectivity index (χ4v) is 2.41. The van der Waals surface area contributed by atoms with Crippen LogP contribution in [0.5, 0.6) is 11.5 Å². The number of ether oxygens (including phenoxy) is 2. The van der Waals surface area contributed by atoms with Crippen LogP contribution >= 0.6 is 11.6 Å². The number of rotatable bonds is 8. The van der Waals surface area contributed by atoms with Crippen LogP contribution in [0.4, 0.5) is 4.39 Å². The lowest BCUT2D eigenvalue weighted by atomic mass is 10.2. The molecule has 0 saturated carbocycles. The molecule has 1 N–H and O–H groups in total. The summed E-state index contributed by atoms with van der Waals surface area (Å²) < 4.78 is 23.9. The minimum absolute atomic E-state index is 0.158.